The van der Waals surface area contributed by atoms with Crippen LogP contribution in [-0.4, -0.2) is 30.4 Å². The third-order valence-corrected chi connectivity index (χ3v) is 5.34. The van der Waals surface area contributed by atoms with Crippen molar-refractivity contribution < 1.29 is 9.32 Å². The van der Waals surface area contributed by atoms with Gasteiger partial charge in [-0.1, -0.05) is 17.3 Å². The summed E-state index contributed by atoms with van der Waals surface area (Å²) in [4.78, 5) is 26.0. The SMILES string of the molecule is Cc1nc(-c2ccc(C)c(NC(=O)c3cnc4ccc(-c5ccncc5C)cn34)c2)no1. The molecule has 0 aliphatic rings. The quantitative estimate of drug-likeness (QED) is 0.452. The highest BCUT2D eigenvalue weighted by Gasteiger charge is 2.16. The Labute approximate surface area is 184 Å². The minimum atomic E-state index is -0.259. The number of imidazole rings is 1. The summed E-state index contributed by atoms with van der Waals surface area (Å²) in [5.74, 6) is 0.702. The number of carbonyl (C=O) groups excluding carboxylic acids is 1. The van der Waals surface area contributed by atoms with E-state index in [-0.39, 0.29) is 5.91 Å². The maximum Gasteiger partial charge on any atom is 0.274 e. The van der Waals surface area contributed by atoms with Gasteiger partial charge in [0.05, 0.1) is 6.20 Å². The molecule has 8 nitrogen and oxygen atoms in total. The lowest BCUT2D eigenvalue weighted by atomic mass is 10.0. The third-order valence-electron chi connectivity index (χ3n) is 5.34. The first kappa shape index (κ1) is 19.6. The number of amides is 1. The number of rotatable bonds is 4. The molecule has 4 aromatic heterocycles. The lowest BCUT2D eigenvalue weighted by molar-refractivity contribution is 0.102. The molecule has 0 aliphatic carbocycles. The Kier molecular flexibility index (Phi) is 4.74. The molecule has 1 amide bonds. The molecule has 0 spiro atoms. The van der Waals surface area contributed by atoms with Crippen molar-refractivity contribution in [1.82, 2.24) is 24.5 Å². The van der Waals surface area contributed by atoms with E-state index < -0.39 is 0 Å². The van der Waals surface area contributed by atoms with Crippen molar-refractivity contribution in [2.75, 3.05) is 5.32 Å². The normalized spacial score (nSPS) is 11.1. The smallest absolute Gasteiger partial charge is 0.274 e. The zero-order chi connectivity index (χ0) is 22.2. The van der Waals surface area contributed by atoms with E-state index in [1.165, 1.54) is 0 Å². The predicted octanol–water partition coefficient (Wildman–Crippen LogP) is 4.62. The zero-order valence-corrected chi connectivity index (χ0v) is 17.8. The van der Waals surface area contributed by atoms with E-state index in [1.54, 1.807) is 23.7 Å². The number of fused-ring (bicyclic) bond motifs is 1. The van der Waals surface area contributed by atoms with Gasteiger partial charge in [-0.05, 0) is 60.4 Å². The highest BCUT2D eigenvalue weighted by atomic mass is 16.5. The van der Waals surface area contributed by atoms with E-state index in [1.807, 2.05) is 62.6 Å². The molecule has 5 rings (SSSR count). The number of aromatic nitrogens is 5. The molecule has 0 bridgehead atoms. The van der Waals surface area contributed by atoms with Crippen LogP contribution in [0.3, 0.4) is 0 Å². The summed E-state index contributed by atoms with van der Waals surface area (Å²) in [5.41, 5.74) is 6.58. The first-order valence-electron chi connectivity index (χ1n) is 10.1. The summed E-state index contributed by atoms with van der Waals surface area (Å²) in [6.07, 6.45) is 7.08. The molecular formula is C24H20N6O2. The lowest BCUT2D eigenvalue weighted by Gasteiger charge is -2.10. The minimum Gasteiger partial charge on any atom is -0.339 e. The van der Waals surface area contributed by atoms with Crippen molar-refractivity contribution in [2.45, 2.75) is 20.8 Å². The molecule has 8 heteroatoms. The molecule has 1 aromatic carbocycles. The highest BCUT2D eigenvalue weighted by Crippen LogP contribution is 2.26. The van der Waals surface area contributed by atoms with Gasteiger partial charge in [0, 0.05) is 36.8 Å². The number of nitrogens with zero attached hydrogens (tertiary/aromatic N) is 5. The molecule has 0 fully saturated rings. The summed E-state index contributed by atoms with van der Waals surface area (Å²) in [6.45, 7) is 5.68. The summed E-state index contributed by atoms with van der Waals surface area (Å²) in [7, 11) is 0. The summed E-state index contributed by atoms with van der Waals surface area (Å²) >= 11 is 0. The molecular weight excluding hydrogens is 404 g/mol. The van der Waals surface area contributed by atoms with Crippen LogP contribution >= 0.6 is 0 Å². The first-order chi connectivity index (χ1) is 15.5. The molecule has 32 heavy (non-hydrogen) atoms. The molecule has 0 saturated heterocycles. The van der Waals surface area contributed by atoms with Crippen molar-refractivity contribution in [1.29, 1.82) is 0 Å². The Morgan fingerprint density at radius 2 is 1.84 bits per heavy atom. The number of anilines is 1. The van der Waals surface area contributed by atoms with Gasteiger partial charge in [0.1, 0.15) is 11.3 Å². The predicted molar refractivity (Wildman–Crippen MR) is 120 cm³/mol. The van der Waals surface area contributed by atoms with Crippen LogP contribution in [0.1, 0.15) is 27.5 Å². The van der Waals surface area contributed by atoms with Gasteiger partial charge < -0.3 is 9.84 Å². The molecule has 1 N–H and O–H groups in total. The van der Waals surface area contributed by atoms with E-state index in [4.69, 9.17) is 4.52 Å². The lowest BCUT2D eigenvalue weighted by Crippen LogP contribution is -2.15. The Balaban J connectivity index is 1.49. The van der Waals surface area contributed by atoms with Crippen LogP contribution in [0.5, 0.6) is 0 Å². The molecule has 5 aromatic rings. The number of carbonyl (C=O) groups is 1. The molecule has 158 valence electrons. The average molecular weight is 424 g/mol. The number of hydrogen-bond donors (Lipinski definition) is 1. The van der Waals surface area contributed by atoms with Gasteiger partial charge in [0.2, 0.25) is 11.7 Å². The molecule has 0 unspecified atom stereocenters. The van der Waals surface area contributed by atoms with E-state index >= 15 is 0 Å². The van der Waals surface area contributed by atoms with Crippen LogP contribution in [0.4, 0.5) is 5.69 Å². The van der Waals surface area contributed by atoms with Crippen LogP contribution in [0.25, 0.3) is 28.2 Å². The number of pyridine rings is 2. The Morgan fingerprint density at radius 3 is 2.62 bits per heavy atom. The van der Waals surface area contributed by atoms with Crippen LogP contribution in [0.15, 0.2) is 65.7 Å². The van der Waals surface area contributed by atoms with Gasteiger partial charge in [-0.25, -0.2) is 4.98 Å². The standard InChI is InChI=1S/C24H20N6O2/c1-14-4-5-17(23-27-16(3)32-29-23)10-20(14)28-24(31)21-12-26-22-7-6-18(13-30(21)22)19-8-9-25-11-15(19)2/h4-13H,1-3H3,(H,28,31). The molecule has 0 atom stereocenters. The fourth-order valence-corrected chi connectivity index (χ4v) is 3.60. The first-order valence-corrected chi connectivity index (χ1v) is 10.1. The number of hydrogen-bond acceptors (Lipinski definition) is 6. The average Bonchev–Trinajstić information content (AvgIpc) is 3.41. The van der Waals surface area contributed by atoms with Crippen molar-refractivity contribution in [3.8, 4) is 22.5 Å². The van der Waals surface area contributed by atoms with Gasteiger partial charge in [0.15, 0.2) is 0 Å². The molecule has 0 aliphatic heterocycles. The summed E-state index contributed by atoms with van der Waals surface area (Å²) < 4.78 is 6.87. The van der Waals surface area contributed by atoms with Crippen molar-refractivity contribution in [3.05, 3.63) is 83.9 Å². The summed E-state index contributed by atoms with van der Waals surface area (Å²) in [5, 5.41) is 6.95. The van der Waals surface area contributed by atoms with E-state index in [2.05, 4.69) is 25.4 Å². The van der Waals surface area contributed by atoms with Gasteiger partial charge in [0.25, 0.3) is 5.91 Å². The fourth-order valence-electron chi connectivity index (χ4n) is 3.60. The molecule has 4 heterocycles. The number of aryl methyl sites for hydroxylation is 3. The largest absolute Gasteiger partial charge is 0.339 e. The monoisotopic (exact) mass is 424 g/mol. The Morgan fingerprint density at radius 1 is 1.00 bits per heavy atom. The van der Waals surface area contributed by atoms with Crippen LogP contribution in [0.2, 0.25) is 0 Å². The second-order valence-corrected chi connectivity index (χ2v) is 7.60. The van der Waals surface area contributed by atoms with Crippen molar-refractivity contribution in [3.63, 3.8) is 0 Å². The maximum absolute atomic E-state index is 13.2. The second-order valence-electron chi connectivity index (χ2n) is 7.60. The number of nitrogens with one attached hydrogen (secondary N) is 1. The fraction of sp³-hybridized carbons (Fsp3) is 0.125. The van der Waals surface area contributed by atoms with Crippen LogP contribution in [0, 0.1) is 20.8 Å². The van der Waals surface area contributed by atoms with E-state index in [0.29, 0.717) is 28.7 Å². The third kappa shape index (κ3) is 3.51. The topological polar surface area (TPSA) is 98.2 Å². The van der Waals surface area contributed by atoms with Gasteiger partial charge in [-0.15, -0.1) is 0 Å². The molecule has 0 saturated carbocycles. The summed E-state index contributed by atoms with van der Waals surface area (Å²) in [6, 6.07) is 11.5. The minimum absolute atomic E-state index is 0.259. The Bertz CT molecular complexity index is 1470. The van der Waals surface area contributed by atoms with Gasteiger partial charge >= 0.3 is 0 Å². The van der Waals surface area contributed by atoms with Crippen LogP contribution < -0.4 is 5.32 Å². The van der Waals surface area contributed by atoms with Gasteiger partial charge in [-0.2, -0.15) is 4.98 Å². The maximum atomic E-state index is 13.2. The zero-order valence-electron chi connectivity index (χ0n) is 17.8. The molecule has 0 radical (unpaired) electrons. The number of benzene rings is 1. The van der Waals surface area contributed by atoms with Crippen LogP contribution in [-0.2, 0) is 0 Å². The second kappa shape index (κ2) is 7.73. The highest BCUT2D eigenvalue weighted by molar-refractivity contribution is 6.04. The van der Waals surface area contributed by atoms with Crippen molar-refractivity contribution >= 4 is 17.2 Å². The van der Waals surface area contributed by atoms with E-state index in [0.717, 1.165) is 27.8 Å². The van der Waals surface area contributed by atoms with Gasteiger partial charge in [-0.3, -0.25) is 14.2 Å². The Hall–Kier alpha value is -4.33. The van der Waals surface area contributed by atoms with E-state index in [9.17, 15) is 4.79 Å². The van der Waals surface area contributed by atoms with Crippen molar-refractivity contribution in [2.24, 2.45) is 0 Å².